The Hall–Kier alpha value is -5.15. The average Bonchev–Trinajstić information content (AvgIpc) is 3.41. The zero-order chi connectivity index (χ0) is 26.6. The maximum Gasteiger partial charge on any atom is 0.114 e. The molecular formula is C37H27N3. The van der Waals surface area contributed by atoms with E-state index in [1.807, 2.05) is 0 Å². The molecule has 0 spiro atoms. The Morgan fingerprint density at radius 2 is 1.20 bits per heavy atom. The van der Waals surface area contributed by atoms with Crippen LogP contribution in [-0.4, -0.2) is 9.55 Å². The summed E-state index contributed by atoms with van der Waals surface area (Å²) in [6.07, 6.45) is 0.865. The second-order valence-corrected chi connectivity index (χ2v) is 10.4. The number of imidazole rings is 1. The van der Waals surface area contributed by atoms with E-state index < -0.39 is 0 Å². The molecule has 1 aliphatic heterocycles. The zero-order valence-corrected chi connectivity index (χ0v) is 22.3. The van der Waals surface area contributed by atoms with Crippen LogP contribution in [0.4, 0.5) is 17.1 Å². The van der Waals surface area contributed by atoms with Crippen LogP contribution in [0.2, 0.25) is 0 Å². The lowest BCUT2D eigenvalue weighted by Crippen LogP contribution is -2.19. The van der Waals surface area contributed by atoms with Gasteiger partial charge in [0.25, 0.3) is 0 Å². The van der Waals surface area contributed by atoms with Gasteiger partial charge in [-0.25, -0.2) is 4.98 Å². The third-order valence-corrected chi connectivity index (χ3v) is 8.05. The summed E-state index contributed by atoms with van der Waals surface area (Å²) in [5.74, 6) is 1.08. The third kappa shape index (κ3) is 3.48. The van der Waals surface area contributed by atoms with Gasteiger partial charge in [0.15, 0.2) is 0 Å². The number of hydrogen-bond donors (Lipinski definition) is 0. The number of aryl methyl sites for hydroxylation is 1. The summed E-state index contributed by atoms with van der Waals surface area (Å²) in [6.45, 7) is 2.18. The van der Waals surface area contributed by atoms with Gasteiger partial charge in [-0.3, -0.25) is 4.57 Å². The lowest BCUT2D eigenvalue weighted by atomic mass is 9.97. The fourth-order valence-corrected chi connectivity index (χ4v) is 6.11. The molecule has 2 heterocycles. The lowest BCUT2D eigenvalue weighted by Gasteiger charge is -2.33. The quantitative estimate of drug-likeness (QED) is 0.233. The standard InChI is InChI=1S/C37H27N3/c1-2-36-38-32-13-8-14-34-37(32)40(36)35-24-30(21-22-33(35)39(34)31-11-4-3-5-12-31)27-17-15-26(16-18-27)29-20-19-25-9-6-7-10-28(25)23-29/h3-24H,2H2,1H3. The Morgan fingerprint density at radius 3 is 1.98 bits per heavy atom. The second kappa shape index (κ2) is 8.96. The molecule has 8 rings (SSSR count). The van der Waals surface area contributed by atoms with Gasteiger partial charge in [0.2, 0.25) is 0 Å². The molecule has 0 saturated carbocycles. The molecule has 0 amide bonds. The molecule has 0 saturated heterocycles. The first kappa shape index (κ1) is 22.8. The minimum Gasteiger partial charge on any atom is -0.306 e. The van der Waals surface area contributed by atoms with Crippen LogP contribution >= 0.6 is 0 Å². The highest BCUT2D eigenvalue weighted by Crippen LogP contribution is 2.48. The Morgan fingerprint density at radius 1 is 0.525 bits per heavy atom. The van der Waals surface area contributed by atoms with Crippen LogP contribution in [0.3, 0.4) is 0 Å². The molecule has 1 aliphatic rings. The molecule has 3 nitrogen and oxygen atoms in total. The molecule has 7 aromatic rings. The van der Waals surface area contributed by atoms with Crippen molar-refractivity contribution in [3.05, 3.63) is 139 Å². The van der Waals surface area contributed by atoms with Crippen LogP contribution in [0.1, 0.15) is 12.7 Å². The summed E-state index contributed by atoms with van der Waals surface area (Å²) in [6, 6.07) is 48.0. The summed E-state index contributed by atoms with van der Waals surface area (Å²) < 4.78 is 2.37. The molecule has 40 heavy (non-hydrogen) atoms. The van der Waals surface area contributed by atoms with Crippen molar-refractivity contribution in [1.82, 2.24) is 9.55 Å². The van der Waals surface area contributed by atoms with Crippen LogP contribution in [0.15, 0.2) is 133 Å². The van der Waals surface area contributed by atoms with Crippen LogP contribution < -0.4 is 4.90 Å². The monoisotopic (exact) mass is 513 g/mol. The third-order valence-electron chi connectivity index (χ3n) is 8.05. The maximum absolute atomic E-state index is 5.04. The number of anilines is 3. The van der Waals surface area contributed by atoms with Gasteiger partial charge in [-0.15, -0.1) is 0 Å². The van der Waals surface area contributed by atoms with Crippen molar-refractivity contribution < 1.29 is 0 Å². The van der Waals surface area contributed by atoms with Gasteiger partial charge in [-0.05, 0) is 75.5 Å². The minimum absolute atomic E-state index is 0.865. The number of aromatic nitrogens is 2. The highest BCUT2D eigenvalue weighted by atomic mass is 15.2. The molecule has 0 fully saturated rings. The largest absolute Gasteiger partial charge is 0.306 e. The molecule has 6 aromatic carbocycles. The van der Waals surface area contributed by atoms with E-state index in [1.54, 1.807) is 0 Å². The number of benzene rings is 6. The average molecular weight is 514 g/mol. The number of hydrogen-bond acceptors (Lipinski definition) is 2. The van der Waals surface area contributed by atoms with E-state index in [4.69, 9.17) is 4.98 Å². The van der Waals surface area contributed by atoms with E-state index in [-0.39, 0.29) is 0 Å². The van der Waals surface area contributed by atoms with Gasteiger partial charge < -0.3 is 4.90 Å². The number of para-hydroxylation sites is 2. The van der Waals surface area contributed by atoms with Crippen LogP contribution in [0.25, 0.3) is 49.7 Å². The lowest BCUT2D eigenvalue weighted by molar-refractivity contribution is 0.900. The van der Waals surface area contributed by atoms with Crippen molar-refractivity contribution >= 4 is 38.9 Å². The molecular weight excluding hydrogens is 486 g/mol. The molecule has 0 unspecified atom stereocenters. The van der Waals surface area contributed by atoms with Gasteiger partial charge in [0, 0.05) is 12.1 Å². The second-order valence-electron chi connectivity index (χ2n) is 10.4. The highest BCUT2D eigenvalue weighted by molar-refractivity contribution is 6.02. The molecule has 190 valence electrons. The van der Waals surface area contributed by atoms with E-state index >= 15 is 0 Å². The van der Waals surface area contributed by atoms with Crippen molar-refractivity contribution in [2.75, 3.05) is 4.90 Å². The van der Waals surface area contributed by atoms with Gasteiger partial charge in [-0.1, -0.05) is 97.9 Å². The van der Waals surface area contributed by atoms with Crippen molar-refractivity contribution in [1.29, 1.82) is 0 Å². The van der Waals surface area contributed by atoms with Gasteiger partial charge in [0.1, 0.15) is 5.82 Å². The van der Waals surface area contributed by atoms with Gasteiger partial charge >= 0.3 is 0 Å². The summed E-state index contributed by atoms with van der Waals surface area (Å²) in [7, 11) is 0. The summed E-state index contributed by atoms with van der Waals surface area (Å²) in [5, 5.41) is 2.53. The Labute approximate surface area is 233 Å². The number of fused-ring (bicyclic) bond motifs is 3. The summed E-state index contributed by atoms with van der Waals surface area (Å²) in [4.78, 5) is 7.40. The van der Waals surface area contributed by atoms with E-state index in [0.29, 0.717) is 0 Å². The molecule has 0 aliphatic carbocycles. The van der Waals surface area contributed by atoms with E-state index in [1.165, 1.54) is 38.5 Å². The Kier molecular flexibility index (Phi) is 5.11. The van der Waals surface area contributed by atoms with Crippen molar-refractivity contribution in [3.63, 3.8) is 0 Å². The van der Waals surface area contributed by atoms with Crippen LogP contribution in [-0.2, 0) is 6.42 Å². The van der Waals surface area contributed by atoms with Gasteiger partial charge in [-0.2, -0.15) is 0 Å². The maximum atomic E-state index is 5.04. The fourth-order valence-electron chi connectivity index (χ4n) is 6.11. The summed E-state index contributed by atoms with van der Waals surface area (Å²) in [5.41, 5.74) is 11.7. The number of nitrogens with zero attached hydrogens (tertiary/aromatic N) is 3. The normalized spacial score (nSPS) is 12.2. The Balaban J connectivity index is 1.26. The molecule has 0 atom stereocenters. The molecule has 0 bridgehead atoms. The zero-order valence-electron chi connectivity index (χ0n) is 22.3. The molecule has 3 heteroatoms. The topological polar surface area (TPSA) is 21.1 Å². The molecule has 0 N–H and O–H groups in total. The summed E-state index contributed by atoms with van der Waals surface area (Å²) >= 11 is 0. The SMILES string of the molecule is CCc1nc2cccc3c2n1-c1cc(-c2ccc(-c4ccc5ccccc5c4)cc2)ccc1N3c1ccccc1. The van der Waals surface area contributed by atoms with Crippen molar-refractivity contribution in [2.24, 2.45) is 0 Å². The predicted octanol–water partition coefficient (Wildman–Crippen LogP) is 9.86. The first-order valence-electron chi connectivity index (χ1n) is 13.9. The fraction of sp³-hybridized carbons (Fsp3) is 0.0541. The van der Waals surface area contributed by atoms with E-state index in [9.17, 15) is 0 Å². The smallest absolute Gasteiger partial charge is 0.114 e. The first-order chi connectivity index (χ1) is 19.8. The van der Waals surface area contributed by atoms with Crippen molar-refractivity contribution in [2.45, 2.75) is 13.3 Å². The minimum atomic E-state index is 0.865. The number of rotatable bonds is 4. The first-order valence-corrected chi connectivity index (χ1v) is 13.9. The van der Waals surface area contributed by atoms with Crippen molar-refractivity contribution in [3.8, 4) is 27.9 Å². The van der Waals surface area contributed by atoms with Gasteiger partial charge in [0.05, 0.1) is 28.1 Å². The van der Waals surface area contributed by atoms with Crippen LogP contribution in [0, 0.1) is 0 Å². The molecule has 0 radical (unpaired) electrons. The highest BCUT2D eigenvalue weighted by Gasteiger charge is 2.28. The predicted molar refractivity (Wildman–Crippen MR) is 167 cm³/mol. The van der Waals surface area contributed by atoms with Crippen LogP contribution in [0.5, 0.6) is 0 Å². The van der Waals surface area contributed by atoms with E-state index in [0.717, 1.165) is 40.5 Å². The Bertz CT molecular complexity index is 2040. The molecule has 1 aromatic heterocycles. The van der Waals surface area contributed by atoms with E-state index in [2.05, 4.69) is 150 Å².